The van der Waals surface area contributed by atoms with Crippen LogP contribution in [-0.4, -0.2) is 12.0 Å². The summed E-state index contributed by atoms with van der Waals surface area (Å²) in [6.45, 7) is 2.79. The Morgan fingerprint density at radius 3 is 2.89 bits per heavy atom. The maximum atomic E-state index is 5.86. The smallest absolute Gasteiger partial charge is 0.219 e. The van der Waals surface area contributed by atoms with Crippen LogP contribution in [0, 0.1) is 0 Å². The molecule has 98 valence electrons. The number of nitrogens with zero attached hydrogens (tertiary/aromatic N) is 1. The minimum Gasteiger partial charge on any atom is -0.438 e. The Morgan fingerprint density at radius 2 is 2.11 bits per heavy atom. The van der Waals surface area contributed by atoms with Crippen LogP contribution in [-0.2, 0) is 6.54 Å². The van der Waals surface area contributed by atoms with Crippen LogP contribution in [0.25, 0.3) is 6.08 Å². The van der Waals surface area contributed by atoms with E-state index in [1.807, 2.05) is 62.5 Å². The van der Waals surface area contributed by atoms with Gasteiger partial charge in [0.1, 0.15) is 5.75 Å². The second kappa shape index (κ2) is 6.71. The summed E-state index contributed by atoms with van der Waals surface area (Å²) in [5.74, 6) is 1.43. The van der Waals surface area contributed by atoms with Crippen molar-refractivity contribution in [2.75, 3.05) is 7.05 Å². The molecule has 0 aliphatic carbocycles. The highest BCUT2D eigenvalue weighted by Gasteiger charge is 2.03. The van der Waals surface area contributed by atoms with Crippen molar-refractivity contribution in [1.29, 1.82) is 0 Å². The van der Waals surface area contributed by atoms with Crippen LogP contribution in [0.3, 0.4) is 0 Å². The summed E-state index contributed by atoms with van der Waals surface area (Å²) in [6.07, 6.45) is 5.78. The first-order valence-corrected chi connectivity index (χ1v) is 6.32. The zero-order chi connectivity index (χ0) is 13.5. The third kappa shape index (κ3) is 3.66. The summed E-state index contributed by atoms with van der Waals surface area (Å²) in [4.78, 5) is 4.24. The molecule has 2 aromatic rings. The molecule has 1 aromatic heterocycles. The maximum absolute atomic E-state index is 5.86. The van der Waals surface area contributed by atoms with Crippen molar-refractivity contribution in [3.05, 3.63) is 59.8 Å². The van der Waals surface area contributed by atoms with Gasteiger partial charge in [0.05, 0.1) is 0 Å². The van der Waals surface area contributed by atoms with Gasteiger partial charge in [0.25, 0.3) is 0 Å². The van der Waals surface area contributed by atoms with E-state index >= 15 is 0 Å². The molecular weight excluding hydrogens is 236 g/mol. The van der Waals surface area contributed by atoms with E-state index in [9.17, 15) is 0 Å². The van der Waals surface area contributed by atoms with Crippen molar-refractivity contribution in [3.8, 4) is 11.6 Å². The van der Waals surface area contributed by atoms with Crippen molar-refractivity contribution in [1.82, 2.24) is 10.3 Å². The topological polar surface area (TPSA) is 34.1 Å². The van der Waals surface area contributed by atoms with E-state index in [4.69, 9.17) is 4.74 Å². The monoisotopic (exact) mass is 254 g/mol. The number of allylic oxidation sites excluding steroid dienone is 1. The van der Waals surface area contributed by atoms with Gasteiger partial charge in [-0.2, -0.15) is 0 Å². The third-order valence-corrected chi connectivity index (χ3v) is 2.66. The molecule has 2 rings (SSSR count). The average molecular weight is 254 g/mol. The minimum atomic E-state index is 0.615. The van der Waals surface area contributed by atoms with Gasteiger partial charge in [0.2, 0.25) is 5.88 Å². The number of hydrogen-bond acceptors (Lipinski definition) is 3. The Balaban J connectivity index is 2.23. The minimum absolute atomic E-state index is 0.615. The summed E-state index contributed by atoms with van der Waals surface area (Å²) < 4.78 is 5.86. The number of nitrogens with one attached hydrogen (secondary N) is 1. The molecule has 1 aromatic carbocycles. The Morgan fingerprint density at radius 1 is 1.26 bits per heavy atom. The van der Waals surface area contributed by atoms with Gasteiger partial charge in [-0.15, -0.1) is 0 Å². The van der Waals surface area contributed by atoms with E-state index in [0.29, 0.717) is 5.88 Å². The molecule has 0 saturated heterocycles. The van der Waals surface area contributed by atoms with E-state index < -0.39 is 0 Å². The van der Waals surface area contributed by atoms with Crippen LogP contribution in [0.4, 0.5) is 0 Å². The molecule has 0 bridgehead atoms. The lowest BCUT2D eigenvalue weighted by atomic mass is 10.2. The molecule has 0 spiro atoms. The van der Waals surface area contributed by atoms with Crippen LogP contribution >= 0.6 is 0 Å². The number of hydrogen-bond donors (Lipinski definition) is 1. The Labute approximate surface area is 114 Å². The van der Waals surface area contributed by atoms with Crippen LogP contribution in [0.1, 0.15) is 18.1 Å². The highest BCUT2D eigenvalue weighted by atomic mass is 16.5. The Kier molecular flexibility index (Phi) is 4.70. The van der Waals surface area contributed by atoms with E-state index in [2.05, 4.69) is 10.3 Å². The summed E-state index contributed by atoms with van der Waals surface area (Å²) in [5.41, 5.74) is 2.20. The van der Waals surface area contributed by atoms with Crippen LogP contribution < -0.4 is 10.1 Å². The van der Waals surface area contributed by atoms with Gasteiger partial charge in [-0.1, -0.05) is 30.4 Å². The molecule has 0 saturated carbocycles. The molecular formula is C16H18N2O. The van der Waals surface area contributed by atoms with E-state index in [1.54, 1.807) is 6.20 Å². The predicted octanol–water partition coefficient (Wildman–Crippen LogP) is 3.63. The van der Waals surface area contributed by atoms with Gasteiger partial charge in [0.15, 0.2) is 0 Å². The molecule has 19 heavy (non-hydrogen) atoms. The lowest BCUT2D eigenvalue weighted by Crippen LogP contribution is -2.05. The standard InChI is InChI=1S/C16H18N2O/c1-3-6-14-7-4-5-8-15(14)19-16-11-13(12-17-2)9-10-18-16/h3-11,17H,12H2,1-2H3. The van der Waals surface area contributed by atoms with E-state index in [0.717, 1.165) is 23.4 Å². The summed E-state index contributed by atoms with van der Waals surface area (Å²) >= 11 is 0. The quantitative estimate of drug-likeness (QED) is 0.884. The molecule has 0 amide bonds. The van der Waals surface area contributed by atoms with Crippen LogP contribution in [0.2, 0.25) is 0 Å². The molecule has 3 nitrogen and oxygen atoms in total. The van der Waals surface area contributed by atoms with Gasteiger partial charge in [0, 0.05) is 24.4 Å². The van der Waals surface area contributed by atoms with Gasteiger partial charge in [-0.3, -0.25) is 0 Å². The van der Waals surface area contributed by atoms with E-state index in [-0.39, 0.29) is 0 Å². The lowest BCUT2D eigenvalue weighted by Gasteiger charge is -2.09. The van der Waals surface area contributed by atoms with Gasteiger partial charge < -0.3 is 10.1 Å². The fourth-order valence-electron chi connectivity index (χ4n) is 1.82. The number of rotatable bonds is 5. The van der Waals surface area contributed by atoms with Crippen molar-refractivity contribution < 1.29 is 4.74 Å². The zero-order valence-electron chi connectivity index (χ0n) is 11.3. The molecule has 0 radical (unpaired) electrons. The first-order valence-electron chi connectivity index (χ1n) is 6.32. The summed E-state index contributed by atoms with van der Waals surface area (Å²) in [7, 11) is 1.92. The highest BCUT2D eigenvalue weighted by molar-refractivity contribution is 5.57. The predicted molar refractivity (Wildman–Crippen MR) is 78.2 cm³/mol. The van der Waals surface area contributed by atoms with Crippen LogP contribution in [0.5, 0.6) is 11.6 Å². The molecule has 1 heterocycles. The number of benzene rings is 1. The van der Waals surface area contributed by atoms with Gasteiger partial charge in [-0.25, -0.2) is 4.98 Å². The second-order valence-corrected chi connectivity index (χ2v) is 4.17. The molecule has 3 heteroatoms. The summed E-state index contributed by atoms with van der Waals surface area (Å²) in [6, 6.07) is 11.8. The maximum Gasteiger partial charge on any atom is 0.219 e. The number of pyridine rings is 1. The Bertz CT molecular complexity index is 564. The van der Waals surface area contributed by atoms with E-state index in [1.165, 1.54) is 0 Å². The number of aromatic nitrogens is 1. The van der Waals surface area contributed by atoms with Gasteiger partial charge >= 0.3 is 0 Å². The van der Waals surface area contributed by atoms with Crippen molar-refractivity contribution in [2.24, 2.45) is 0 Å². The van der Waals surface area contributed by atoms with Crippen molar-refractivity contribution in [3.63, 3.8) is 0 Å². The van der Waals surface area contributed by atoms with Crippen molar-refractivity contribution in [2.45, 2.75) is 13.5 Å². The molecule has 1 N–H and O–H groups in total. The molecule has 0 atom stereocenters. The molecule has 0 unspecified atom stereocenters. The number of ether oxygens (including phenoxy) is 1. The Hall–Kier alpha value is -2.13. The molecule has 0 aliphatic heterocycles. The first-order chi connectivity index (χ1) is 9.33. The van der Waals surface area contributed by atoms with Crippen LogP contribution in [0.15, 0.2) is 48.7 Å². The third-order valence-electron chi connectivity index (χ3n) is 2.66. The fourth-order valence-corrected chi connectivity index (χ4v) is 1.82. The number of para-hydroxylation sites is 1. The fraction of sp³-hybridized carbons (Fsp3) is 0.188. The van der Waals surface area contributed by atoms with Crippen molar-refractivity contribution >= 4 is 6.08 Å². The average Bonchev–Trinajstić information content (AvgIpc) is 2.42. The zero-order valence-corrected chi connectivity index (χ0v) is 11.3. The lowest BCUT2D eigenvalue weighted by molar-refractivity contribution is 0.461. The second-order valence-electron chi connectivity index (χ2n) is 4.17. The van der Waals surface area contributed by atoms with Gasteiger partial charge in [-0.05, 0) is 31.7 Å². The highest BCUT2D eigenvalue weighted by Crippen LogP contribution is 2.25. The largest absolute Gasteiger partial charge is 0.438 e. The normalized spacial score (nSPS) is 10.8. The first kappa shape index (κ1) is 13.3. The SMILES string of the molecule is CC=Cc1ccccc1Oc1cc(CNC)ccn1. The molecule has 0 fully saturated rings. The molecule has 0 aliphatic rings. The summed E-state index contributed by atoms with van der Waals surface area (Å²) in [5, 5.41) is 3.11.